The van der Waals surface area contributed by atoms with Crippen molar-refractivity contribution in [2.45, 2.75) is 19.3 Å². The van der Waals surface area contributed by atoms with Crippen LogP contribution in [0, 0.1) is 5.92 Å². The standard InChI is InChI=1S/C13H15NO2S/c15-13-16-11-5-1-4-10(12(11)17-13)7-9-3-2-6-14-8-9/h1,4-5,9,14H,2-3,6-8H2. The molecule has 3 rings (SSSR count). The van der Waals surface area contributed by atoms with Crippen LogP contribution in [0.15, 0.2) is 27.4 Å². The van der Waals surface area contributed by atoms with E-state index in [1.165, 1.54) is 29.7 Å². The van der Waals surface area contributed by atoms with Gasteiger partial charge in [0.05, 0.1) is 4.70 Å². The monoisotopic (exact) mass is 249 g/mol. The second-order valence-corrected chi connectivity index (χ2v) is 5.56. The summed E-state index contributed by atoms with van der Waals surface area (Å²) in [7, 11) is 0. The van der Waals surface area contributed by atoms with Crippen molar-refractivity contribution < 1.29 is 4.42 Å². The fraction of sp³-hybridized carbons (Fsp3) is 0.462. The summed E-state index contributed by atoms with van der Waals surface area (Å²) in [6.07, 6.45) is 3.57. The lowest BCUT2D eigenvalue weighted by Crippen LogP contribution is -2.30. The summed E-state index contributed by atoms with van der Waals surface area (Å²) in [5.74, 6) is 0.687. The van der Waals surface area contributed by atoms with Gasteiger partial charge in [-0.3, -0.25) is 0 Å². The van der Waals surface area contributed by atoms with E-state index in [0.717, 1.165) is 29.8 Å². The Balaban J connectivity index is 1.91. The Morgan fingerprint density at radius 2 is 2.41 bits per heavy atom. The van der Waals surface area contributed by atoms with Crippen LogP contribution in [0.1, 0.15) is 18.4 Å². The normalized spacial score (nSPS) is 20.8. The van der Waals surface area contributed by atoms with Crippen molar-refractivity contribution in [2.24, 2.45) is 5.92 Å². The van der Waals surface area contributed by atoms with Crippen LogP contribution in [0.2, 0.25) is 0 Å². The van der Waals surface area contributed by atoms with Crippen molar-refractivity contribution >= 4 is 21.6 Å². The summed E-state index contributed by atoms with van der Waals surface area (Å²) in [6.45, 7) is 2.23. The van der Waals surface area contributed by atoms with E-state index >= 15 is 0 Å². The van der Waals surface area contributed by atoms with Crippen molar-refractivity contribution in [1.29, 1.82) is 0 Å². The molecule has 0 amide bonds. The summed E-state index contributed by atoms with van der Waals surface area (Å²) in [4.78, 5) is 11.1. The van der Waals surface area contributed by atoms with Gasteiger partial charge in [-0.05, 0) is 49.9 Å². The number of benzene rings is 1. The maximum absolute atomic E-state index is 11.3. The van der Waals surface area contributed by atoms with Crippen LogP contribution >= 0.6 is 11.3 Å². The maximum Gasteiger partial charge on any atom is 0.396 e. The number of hydrogen-bond acceptors (Lipinski definition) is 4. The summed E-state index contributed by atoms with van der Waals surface area (Å²) in [5, 5.41) is 3.43. The van der Waals surface area contributed by atoms with Gasteiger partial charge in [0.2, 0.25) is 0 Å². The molecule has 1 saturated heterocycles. The molecule has 0 aliphatic carbocycles. The van der Waals surface area contributed by atoms with Crippen LogP contribution in [0.3, 0.4) is 0 Å². The second kappa shape index (κ2) is 4.63. The molecule has 3 nitrogen and oxygen atoms in total. The molecule has 0 spiro atoms. The average molecular weight is 249 g/mol. The van der Waals surface area contributed by atoms with E-state index in [4.69, 9.17) is 4.42 Å². The Morgan fingerprint density at radius 3 is 3.24 bits per heavy atom. The molecule has 1 aliphatic heterocycles. The van der Waals surface area contributed by atoms with Gasteiger partial charge in [-0.2, -0.15) is 0 Å². The Morgan fingerprint density at radius 1 is 1.47 bits per heavy atom. The van der Waals surface area contributed by atoms with Crippen molar-refractivity contribution in [3.63, 3.8) is 0 Å². The number of hydrogen-bond donors (Lipinski definition) is 1. The molecule has 0 bridgehead atoms. The topological polar surface area (TPSA) is 42.2 Å². The van der Waals surface area contributed by atoms with Crippen molar-refractivity contribution in [3.8, 4) is 0 Å². The smallest absolute Gasteiger partial charge is 0.396 e. The lowest BCUT2D eigenvalue weighted by atomic mass is 9.92. The molecule has 1 atom stereocenters. The highest BCUT2D eigenvalue weighted by molar-refractivity contribution is 7.16. The summed E-state index contributed by atoms with van der Waals surface area (Å²) >= 11 is 1.22. The first-order valence-corrected chi connectivity index (χ1v) is 6.87. The third-order valence-corrected chi connectivity index (χ3v) is 4.26. The molecule has 1 unspecified atom stereocenters. The third-order valence-electron chi connectivity index (χ3n) is 3.35. The van der Waals surface area contributed by atoms with E-state index in [2.05, 4.69) is 11.4 Å². The first-order chi connectivity index (χ1) is 8.33. The highest BCUT2D eigenvalue weighted by atomic mass is 32.1. The largest absolute Gasteiger partial charge is 0.414 e. The van der Waals surface area contributed by atoms with Gasteiger partial charge in [0.15, 0.2) is 0 Å². The predicted molar refractivity (Wildman–Crippen MR) is 69.7 cm³/mol. The SMILES string of the molecule is O=c1oc2cccc(CC3CCCNC3)c2s1. The molecule has 1 aromatic carbocycles. The van der Waals surface area contributed by atoms with E-state index in [0.29, 0.717) is 5.92 Å². The van der Waals surface area contributed by atoms with E-state index in [1.54, 1.807) is 0 Å². The molecule has 0 saturated carbocycles. The van der Waals surface area contributed by atoms with Gasteiger partial charge >= 0.3 is 4.94 Å². The van der Waals surface area contributed by atoms with Gasteiger partial charge in [-0.25, -0.2) is 4.79 Å². The van der Waals surface area contributed by atoms with E-state index < -0.39 is 0 Å². The first-order valence-electron chi connectivity index (χ1n) is 6.05. The molecule has 1 N–H and O–H groups in total. The number of rotatable bonds is 2. The highest BCUT2D eigenvalue weighted by Gasteiger charge is 2.16. The molecule has 17 heavy (non-hydrogen) atoms. The fourth-order valence-electron chi connectivity index (χ4n) is 2.52. The molecular formula is C13H15NO2S. The molecule has 90 valence electrons. The van der Waals surface area contributed by atoms with Crippen LogP contribution in [-0.2, 0) is 6.42 Å². The van der Waals surface area contributed by atoms with Gasteiger partial charge < -0.3 is 9.73 Å². The van der Waals surface area contributed by atoms with Crippen molar-refractivity contribution in [3.05, 3.63) is 33.5 Å². The van der Waals surface area contributed by atoms with E-state index in [9.17, 15) is 4.79 Å². The van der Waals surface area contributed by atoms with Gasteiger partial charge in [-0.1, -0.05) is 23.5 Å². The molecule has 2 heterocycles. The number of piperidine rings is 1. The Kier molecular flexibility index (Phi) is 2.99. The van der Waals surface area contributed by atoms with Crippen LogP contribution in [0.25, 0.3) is 10.3 Å². The van der Waals surface area contributed by atoms with Gasteiger partial charge in [0.1, 0.15) is 5.58 Å². The lowest BCUT2D eigenvalue weighted by Gasteiger charge is -2.22. The summed E-state index contributed by atoms with van der Waals surface area (Å²) < 4.78 is 6.18. The van der Waals surface area contributed by atoms with Gasteiger partial charge in [-0.15, -0.1) is 0 Å². The fourth-order valence-corrected chi connectivity index (χ4v) is 3.31. The maximum atomic E-state index is 11.3. The van der Waals surface area contributed by atoms with Crippen molar-refractivity contribution in [1.82, 2.24) is 5.32 Å². The Hall–Kier alpha value is -1.13. The van der Waals surface area contributed by atoms with E-state index in [-0.39, 0.29) is 4.94 Å². The van der Waals surface area contributed by atoms with Gasteiger partial charge in [0.25, 0.3) is 0 Å². The Bertz CT molecular complexity index is 566. The molecule has 1 aromatic heterocycles. The quantitative estimate of drug-likeness (QED) is 0.888. The van der Waals surface area contributed by atoms with Crippen LogP contribution < -0.4 is 10.3 Å². The molecule has 1 aliphatic rings. The number of nitrogens with one attached hydrogen (secondary N) is 1. The average Bonchev–Trinajstić information content (AvgIpc) is 2.72. The summed E-state index contributed by atoms with van der Waals surface area (Å²) in [5.41, 5.74) is 1.99. The Labute approximate surface area is 103 Å². The third kappa shape index (κ3) is 2.28. The molecule has 4 heteroatoms. The molecular weight excluding hydrogens is 234 g/mol. The van der Waals surface area contributed by atoms with Crippen LogP contribution in [0.4, 0.5) is 0 Å². The zero-order valence-electron chi connectivity index (χ0n) is 9.57. The second-order valence-electron chi connectivity index (χ2n) is 4.62. The lowest BCUT2D eigenvalue weighted by molar-refractivity contribution is 0.377. The van der Waals surface area contributed by atoms with Crippen LogP contribution in [0.5, 0.6) is 0 Å². The zero-order valence-corrected chi connectivity index (χ0v) is 10.4. The van der Waals surface area contributed by atoms with Gasteiger partial charge in [0, 0.05) is 0 Å². The minimum Gasteiger partial charge on any atom is -0.414 e. The molecule has 2 aromatic rings. The minimum absolute atomic E-state index is 0.200. The molecule has 1 fully saturated rings. The summed E-state index contributed by atoms with van der Waals surface area (Å²) in [6, 6.07) is 5.96. The van der Waals surface area contributed by atoms with Crippen molar-refractivity contribution in [2.75, 3.05) is 13.1 Å². The first kappa shape index (κ1) is 11.0. The highest BCUT2D eigenvalue weighted by Crippen LogP contribution is 2.25. The minimum atomic E-state index is -0.200. The molecule has 0 radical (unpaired) electrons. The van der Waals surface area contributed by atoms with E-state index in [1.807, 2.05) is 12.1 Å². The number of fused-ring (bicyclic) bond motifs is 1. The zero-order chi connectivity index (χ0) is 11.7. The van der Waals surface area contributed by atoms with Crippen LogP contribution in [-0.4, -0.2) is 13.1 Å². The predicted octanol–water partition coefficient (Wildman–Crippen LogP) is 2.40.